The molecule has 0 aliphatic carbocycles. The van der Waals surface area contributed by atoms with E-state index in [9.17, 15) is 13.2 Å². The Bertz CT molecular complexity index is 1370. The van der Waals surface area contributed by atoms with E-state index in [2.05, 4.69) is 25.6 Å². The minimum atomic E-state index is -3.89. The maximum atomic E-state index is 13.3. The average molecular weight is 520 g/mol. The zero-order valence-electron chi connectivity index (χ0n) is 18.6. The second-order valence-corrected chi connectivity index (χ2v) is 10.3. The van der Waals surface area contributed by atoms with Crippen molar-refractivity contribution in [2.24, 2.45) is 4.99 Å². The molecule has 4 rings (SSSR count). The molecular formula is C20H22ClN9O4S. The number of hydrogen-bond donors (Lipinski definition) is 4. The molecule has 15 heteroatoms. The predicted molar refractivity (Wildman–Crippen MR) is 127 cm³/mol. The van der Waals surface area contributed by atoms with Crippen LogP contribution in [-0.4, -0.2) is 66.8 Å². The van der Waals surface area contributed by atoms with E-state index in [1.54, 1.807) is 0 Å². The molecule has 3 heterocycles. The van der Waals surface area contributed by atoms with E-state index in [0.29, 0.717) is 19.4 Å². The molecule has 0 radical (unpaired) electrons. The molecule has 2 saturated heterocycles. The number of methoxy groups -OCH3 is 1. The van der Waals surface area contributed by atoms with Gasteiger partial charge in [0.15, 0.2) is 28.4 Å². The topological polar surface area (TPSA) is 202 Å². The molecule has 0 atom stereocenters. The number of carbonyl (C=O) groups excluding carboxylic acids is 1. The monoisotopic (exact) mass is 519 g/mol. The first-order chi connectivity index (χ1) is 16.6. The summed E-state index contributed by atoms with van der Waals surface area (Å²) < 4.78 is 33.1. The fourth-order valence-corrected chi connectivity index (χ4v) is 5.71. The highest BCUT2D eigenvalue weighted by molar-refractivity contribution is 7.89. The van der Waals surface area contributed by atoms with Crippen molar-refractivity contribution in [3.05, 3.63) is 34.6 Å². The van der Waals surface area contributed by atoms with Gasteiger partial charge < -0.3 is 26.8 Å². The Morgan fingerprint density at radius 1 is 1.29 bits per heavy atom. The standard InChI is InChI=1S/C20H22ClN9O4S/c1-34-12-3-2-11(9-22)8-13(12)35(32,33)30-6-4-20(5-7-30)10-25-19(29-20)28-18(31)14-16(23)27-17(24)15(21)26-14/h2-3,8H,4-7,10H2,1H3,(H4,23,24,27)(H2,25,28,29,31). The molecule has 1 spiro atoms. The van der Waals surface area contributed by atoms with Crippen molar-refractivity contribution in [2.45, 2.75) is 23.3 Å². The third-order valence-electron chi connectivity index (χ3n) is 5.89. The number of hydrogen-bond acceptors (Lipinski definition) is 9. The van der Waals surface area contributed by atoms with Gasteiger partial charge in [-0.15, -0.1) is 0 Å². The van der Waals surface area contributed by atoms with E-state index in [-0.39, 0.29) is 57.7 Å². The number of carbonyl (C=O) groups is 1. The van der Waals surface area contributed by atoms with Crippen LogP contribution < -0.4 is 26.8 Å². The minimum Gasteiger partial charge on any atom is -0.495 e. The van der Waals surface area contributed by atoms with Crippen LogP contribution in [0.5, 0.6) is 5.75 Å². The number of rotatable bonds is 4. The van der Waals surface area contributed by atoms with Crippen LogP contribution in [0.1, 0.15) is 28.9 Å². The van der Waals surface area contributed by atoms with E-state index in [0.717, 1.165) is 0 Å². The lowest BCUT2D eigenvalue weighted by atomic mass is 9.90. The van der Waals surface area contributed by atoms with Crippen molar-refractivity contribution in [1.82, 2.24) is 24.9 Å². The van der Waals surface area contributed by atoms with Crippen LogP contribution in [0, 0.1) is 11.3 Å². The Hall–Kier alpha value is -3.67. The summed E-state index contributed by atoms with van der Waals surface area (Å²) in [6.45, 7) is 0.859. The fraction of sp³-hybridized carbons (Fsp3) is 0.350. The van der Waals surface area contributed by atoms with Crippen LogP contribution >= 0.6 is 11.6 Å². The van der Waals surface area contributed by atoms with E-state index < -0.39 is 21.5 Å². The number of piperidine rings is 1. The van der Waals surface area contributed by atoms with E-state index in [1.807, 2.05) is 6.07 Å². The van der Waals surface area contributed by atoms with E-state index in [4.69, 9.17) is 33.1 Å². The van der Waals surface area contributed by atoms with Crippen LogP contribution in [0.25, 0.3) is 0 Å². The molecule has 2 aliphatic heterocycles. The van der Waals surface area contributed by atoms with Gasteiger partial charge in [-0.25, -0.2) is 18.4 Å². The van der Waals surface area contributed by atoms with E-state index in [1.165, 1.54) is 29.6 Å². The lowest BCUT2D eigenvalue weighted by Gasteiger charge is -2.38. The van der Waals surface area contributed by atoms with Gasteiger partial charge in [0.25, 0.3) is 0 Å². The normalized spacial score (nSPS) is 18.6. The average Bonchev–Trinajstić information content (AvgIpc) is 3.22. The number of amides is 1. The number of aliphatic imine (C=N–C) groups is 1. The van der Waals surface area contributed by atoms with E-state index >= 15 is 0 Å². The summed E-state index contributed by atoms with van der Waals surface area (Å²) in [6.07, 6.45) is 0.894. The molecule has 2 aromatic rings. The molecule has 1 amide bonds. The quantitative estimate of drug-likeness (QED) is 0.426. The summed E-state index contributed by atoms with van der Waals surface area (Å²) in [5, 5.41) is 15.2. The number of nitrogens with zero attached hydrogens (tertiary/aromatic N) is 5. The molecule has 1 aromatic heterocycles. The second kappa shape index (κ2) is 9.17. The molecular weight excluding hydrogens is 498 g/mol. The number of benzene rings is 1. The number of nitriles is 1. The SMILES string of the molecule is COc1ccc(C#N)cc1S(=O)(=O)N1CCC2(CC1)CN/C(=N\C(=O)c1nc(Cl)c(N)nc1N)N2. The van der Waals surface area contributed by atoms with Gasteiger partial charge in [-0.2, -0.15) is 14.6 Å². The number of aromatic nitrogens is 2. The largest absolute Gasteiger partial charge is 0.495 e. The van der Waals surface area contributed by atoms with Gasteiger partial charge in [-0.3, -0.25) is 4.79 Å². The van der Waals surface area contributed by atoms with Crippen molar-refractivity contribution >= 4 is 45.1 Å². The van der Waals surface area contributed by atoms with Crippen molar-refractivity contribution in [1.29, 1.82) is 5.26 Å². The highest BCUT2D eigenvalue weighted by atomic mass is 35.5. The maximum absolute atomic E-state index is 13.3. The Balaban J connectivity index is 1.47. The van der Waals surface area contributed by atoms with Crippen LogP contribution in [0.2, 0.25) is 5.15 Å². The number of halogens is 1. The van der Waals surface area contributed by atoms with Crippen molar-refractivity contribution in [3.8, 4) is 11.8 Å². The molecule has 2 aliphatic rings. The first-order valence-electron chi connectivity index (χ1n) is 10.4. The molecule has 184 valence electrons. The zero-order chi connectivity index (χ0) is 25.4. The summed E-state index contributed by atoms with van der Waals surface area (Å²) in [5.74, 6) is -0.660. The molecule has 2 fully saturated rings. The number of nitrogen functional groups attached to an aromatic ring is 2. The van der Waals surface area contributed by atoms with Gasteiger partial charge >= 0.3 is 5.91 Å². The van der Waals surface area contributed by atoms with Gasteiger partial charge in [0, 0.05) is 19.6 Å². The van der Waals surface area contributed by atoms with Gasteiger partial charge in [0.05, 0.1) is 24.3 Å². The smallest absolute Gasteiger partial charge is 0.302 e. The highest BCUT2D eigenvalue weighted by Crippen LogP contribution is 2.32. The van der Waals surface area contributed by atoms with Gasteiger partial charge in [-0.1, -0.05) is 11.6 Å². The van der Waals surface area contributed by atoms with Crippen LogP contribution in [0.3, 0.4) is 0 Å². The Kier molecular flexibility index (Phi) is 6.41. The Morgan fingerprint density at radius 2 is 2.00 bits per heavy atom. The lowest BCUT2D eigenvalue weighted by Crippen LogP contribution is -2.53. The second-order valence-electron chi connectivity index (χ2n) is 8.04. The number of nitrogens with one attached hydrogen (secondary N) is 2. The Morgan fingerprint density at radius 3 is 2.66 bits per heavy atom. The third kappa shape index (κ3) is 4.65. The number of guanidine groups is 1. The lowest BCUT2D eigenvalue weighted by molar-refractivity contribution is 0.0998. The van der Waals surface area contributed by atoms with Gasteiger partial charge in [-0.05, 0) is 31.0 Å². The van der Waals surface area contributed by atoms with Crippen molar-refractivity contribution in [2.75, 3.05) is 38.2 Å². The van der Waals surface area contributed by atoms with Crippen LogP contribution in [0.4, 0.5) is 11.6 Å². The molecule has 0 unspecified atom stereocenters. The number of nitrogens with two attached hydrogens (primary N) is 2. The molecule has 0 bridgehead atoms. The van der Waals surface area contributed by atoms with Crippen molar-refractivity contribution < 1.29 is 17.9 Å². The van der Waals surface area contributed by atoms with Crippen LogP contribution in [-0.2, 0) is 10.0 Å². The molecule has 13 nitrogen and oxygen atoms in total. The predicted octanol–water partition coefficient (Wildman–Crippen LogP) is 0.0872. The number of sulfonamides is 1. The Labute approximate surface area is 206 Å². The molecule has 35 heavy (non-hydrogen) atoms. The molecule has 6 N–H and O–H groups in total. The van der Waals surface area contributed by atoms with Gasteiger partial charge in [0.2, 0.25) is 10.0 Å². The fourth-order valence-electron chi connectivity index (χ4n) is 3.96. The summed E-state index contributed by atoms with van der Waals surface area (Å²) in [7, 11) is -2.52. The van der Waals surface area contributed by atoms with Crippen LogP contribution in [0.15, 0.2) is 28.1 Å². The maximum Gasteiger partial charge on any atom is 0.302 e. The number of ether oxygens (including phenoxy) is 1. The molecule has 0 saturated carbocycles. The summed E-state index contributed by atoms with van der Waals surface area (Å²) in [5.41, 5.74) is 10.7. The summed E-state index contributed by atoms with van der Waals surface area (Å²) >= 11 is 5.83. The summed E-state index contributed by atoms with van der Waals surface area (Å²) in [4.78, 5) is 24.1. The zero-order valence-corrected chi connectivity index (χ0v) is 20.1. The molecule has 1 aromatic carbocycles. The van der Waals surface area contributed by atoms with Gasteiger partial charge in [0.1, 0.15) is 10.6 Å². The summed E-state index contributed by atoms with van der Waals surface area (Å²) in [6, 6.07) is 6.22. The highest BCUT2D eigenvalue weighted by Gasteiger charge is 2.43. The van der Waals surface area contributed by atoms with Crippen molar-refractivity contribution in [3.63, 3.8) is 0 Å². The minimum absolute atomic E-state index is 0.0544. The first kappa shape index (κ1) is 24.5. The number of anilines is 2. The third-order valence-corrected chi connectivity index (χ3v) is 8.09. The first-order valence-corrected chi connectivity index (χ1v) is 12.2.